The standard InChI is InChI=1S/C11H11NS3/c13-8-10-7-12(11(14)15-10)6-9-4-2-1-3-5-9/h2-5,10H,6-8H2/p+1. The SMILES string of the molecule is S=C1SC(CS)CN1CC1=CC=[C+]C=C1. The highest BCUT2D eigenvalue weighted by atomic mass is 32.2. The first kappa shape index (κ1) is 11.2. The molecule has 1 fully saturated rings. The number of nitrogens with zero attached hydrogens (tertiary/aromatic N) is 1. The first-order valence-corrected chi connectivity index (χ1v) is 6.73. The fraction of sp³-hybridized carbons (Fsp3) is 0.364. The number of hydrogen-bond acceptors (Lipinski definition) is 3. The van der Waals surface area contributed by atoms with Crippen molar-refractivity contribution in [3.05, 3.63) is 36.0 Å². The van der Waals surface area contributed by atoms with Crippen molar-refractivity contribution in [1.29, 1.82) is 0 Å². The molecule has 0 spiro atoms. The molecule has 1 aliphatic carbocycles. The molecule has 0 bridgehead atoms. The molecular weight excluding hydrogens is 242 g/mol. The Morgan fingerprint density at radius 1 is 1.67 bits per heavy atom. The van der Waals surface area contributed by atoms with Gasteiger partial charge in [0.05, 0.1) is 24.3 Å². The number of thioether (sulfide) groups is 1. The molecule has 0 radical (unpaired) electrons. The van der Waals surface area contributed by atoms with Gasteiger partial charge in [-0.15, -0.1) is 0 Å². The lowest BCUT2D eigenvalue weighted by molar-refractivity contribution is 0.488. The zero-order valence-corrected chi connectivity index (χ0v) is 10.7. The van der Waals surface area contributed by atoms with Crippen LogP contribution in [0.15, 0.2) is 29.9 Å². The van der Waals surface area contributed by atoms with E-state index in [2.05, 4.69) is 35.8 Å². The largest absolute Gasteiger partial charge is 0.350 e. The molecular formula is C11H12NS3+. The van der Waals surface area contributed by atoms with Gasteiger partial charge in [-0.1, -0.05) is 24.0 Å². The molecule has 0 aromatic carbocycles. The van der Waals surface area contributed by atoms with Crippen molar-refractivity contribution in [1.82, 2.24) is 4.90 Å². The van der Waals surface area contributed by atoms with E-state index in [-0.39, 0.29) is 0 Å². The Labute approximate surface area is 106 Å². The van der Waals surface area contributed by atoms with E-state index in [0.29, 0.717) is 5.25 Å². The van der Waals surface area contributed by atoms with Gasteiger partial charge in [-0.2, -0.15) is 12.6 Å². The Hall–Kier alpha value is -0.280. The summed E-state index contributed by atoms with van der Waals surface area (Å²) in [5.41, 5.74) is 1.29. The predicted molar refractivity (Wildman–Crippen MR) is 74.4 cm³/mol. The lowest BCUT2D eigenvalue weighted by Crippen LogP contribution is -2.27. The van der Waals surface area contributed by atoms with Crippen LogP contribution in [0.5, 0.6) is 0 Å². The molecule has 1 unspecified atom stereocenters. The van der Waals surface area contributed by atoms with Crippen LogP contribution in [0.2, 0.25) is 0 Å². The van der Waals surface area contributed by atoms with E-state index in [1.54, 1.807) is 11.8 Å². The van der Waals surface area contributed by atoms with Crippen LogP contribution < -0.4 is 0 Å². The maximum atomic E-state index is 5.33. The second-order valence-electron chi connectivity index (χ2n) is 3.48. The Balaban J connectivity index is 1.95. The van der Waals surface area contributed by atoms with Gasteiger partial charge in [-0.05, 0) is 0 Å². The highest BCUT2D eigenvalue weighted by Crippen LogP contribution is 2.27. The van der Waals surface area contributed by atoms with Gasteiger partial charge in [0.2, 0.25) is 0 Å². The van der Waals surface area contributed by atoms with Crippen LogP contribution in [0.25, 0.3) is 0 Å². The van der Waals surface area contributed by atoms with E-state index >= 15 is 0 Å². The maximum Gasteiger partial charge on any atom is 0.137 e. The fourth-order valence-electron chi connectivity index (χ4n) is 1.55. The number of rotatable bonds is 3. The van der Waals surface area contributed by atoms with Crippen molar-refractivity contribution >= 4 is 40.9 Å². The third-order valence-corrected chi connectivity index (χ3v) is 4.66. The molecule has 0 aromatic heterocycles. The Morgan fingerprint density at radius 2 is 2.53 bits per heavy atom. The summed E-state index contributed by atoms with van der Waals surface area (Å²) in [5.74, 6) is 0.893. The highest BCUT2D eigenvalue weighted by molar-refractivity contribution is 8.23. The van der Waals surface area contributed by atoms with Gasteiger partial charge in [0, 0.05) is 23.6 Å². The van der Waals surface area contributed by atoms with Crippen molar-refractivity contribution in [3.8, 4) is 0 Å². The van der Waals surface area contributed by atoms with Crippen molar-refractivity contribution in [3.63, 3.8) is 0 Å². The second kappa shape index (κ2) is 5.17. The van der Waals surface area contributed by atoms with Crippen LogP contribution in [-0.4, -0.2) is 33.3 Å². The summed E-state index contributed by atoms with van der Waals surface area (Å²) >= 11 is 11.4. The Bertz CT molecular complexity index is 344. The molecule has 78 valence electrons. The zero-order valence-electron chi connectivity index (χ0n) is 8.22. The molecule has 0 amide bonds. The quantitative estimate of drug-likeness (QED) is 0.468. The van der Waals surface area contributed by atoms with Gasteiger partial charge in [-0.3, -0.25) is 0 Å². The highest BCUT2D eigenvalue weighted by Gasteiger charge is 2.27. The minimum Gasteiger partial charge on any atom is -0.350 e. The van der Waals surface area contributed by atoms with E-state index in [1.165, 1.54) is 5.57 Å². The third kappa shape index (κ3) is 2.85. The maximum absolute atomic E-state index is 5.33. The van der Waals surface area contributed by atoms with Gasteiger partial charge in [0.15, 0.2) is 0 Å². The number of thiol groups is 1. The minimum atomic E-state index is 0.552. The van der Waals surface area contributed by atoms with Crippen molar-refractivity contribution in [2.24, 2.45) is 0 Å². The average Bonchev–Trinajstić information content (AvgIpc) is 2.61. The molecule has 1 nitrogen and oxygen atoms in total. The van der Waals surface area contributed by atoms with Crippen LogP contribution in [0.1, 0.15) is 0 Å². The summed E-state index contributed by atoms with van der Waals surface area (Å²) in [6.45, 7) is 1.93. The molecule has 1 heterocycles. The van der Waals surface area contributed by atoms with Crippen LogP contribution in [-0.2, 0) is 0 Å². The van der Waals surface area contributed by atoms with E-state index in [4.69, 9.17) is 12.2 Å². The molecule has 1 atom stereocenters. The normalized spacial score (nSPS) is 24.3. The van der Waals surface area contributed by atoms with Gasteiger partial charge in [0.1, 0.15) is 16.5 Å². The number of hydrogen-bond donors (Lipinski definition) is 1. The molecule has 1 aliphatic heterocycles. The Kier molecular flexibility index (Phi) is 3.87. The average molecular weight is 254 g/mol. The summed E-state index contributed by atoms with van der Waals surface area (Å²) in [4.78, 5) is 2.25. The molecule has 0 aromatic rings. The summed E-state index contributed by atoms with van der Waals surface area (Å²) < 4.78 is 1.00. The van der Waals surface area contributed by atoms with Crippen LogP contribution in [0, 0.1) is 6.08 Å². The molecule has 2 aliphatic rings. The lowest BCUT2D eigenvalue weighted by Gasteiger charge is -2.15. The summed E-state index contributed by atoms with van der Waals surface area (Å²) in [5, 5.41) is 0.552. The third-order valence-electron chi connectivity index (χ3n) is 2.31. The topological polar surface area (TPSA) is 3.24 Å². The van der Waals surface area contributed by atoms with Crippen molar-refractivity contribution in [2.75, 3.05) is 18.8 Å². The first-order chi connectivity index (χ1) is 7.29. The van der Waals surface area contributed by atoms with Gasteiger partial charge in [-0.25, -0.2) is 0 Å². The predicted octanol–water partition coefficient (Wildman–Crippen LogP) is 2.47. The van der Waals surface area contributed by atoms with Crippen LogP contribution >= 0.6 is 36.6 Å². The molecule has 1 saturated heterocycles. The van der Waals surface area contributed by atoms with E-state index < -0.39 is 0 Å². The first-order valence-electron chi connectivity index (χ1n) is 4.81. The summed E-state index contributed by atoms with van der Waals surface area (Å²) in [7, 11) is 0. The Morgan fingerprint density at radius 3 is 3.13 bits per heavy atom. The van der Waals surface area contributed by atoms with Crippen molar-refractivity contribution < 1.29 is 0 Å². The smallest absolute Gasteiger partial charge is 0.137 e. The zero-order chi connectivity index (χ0) is 10.7. The van der Waals surface area contributed by atoms with Gasteiger partial charge in [0.25, 0.3) is 0 Å². The van der Waals surface area contributed by atoms with Crippen LogP contribution in [0.4, 0.5) is 0 Å². The van der Waals surface area contributed by atoms with Gasteiger partial charge < -0.3 is 4.90 Å². The van der Waals surface area contributed by atoms with Gasteiger partial charge >= 0.3 is 0 Å². The van der Waals surface area contributed by atoms with Crippen LogP contribution in [0.3, 0.4) is 0 Å². The lowest BCUT2D eigenvalue weighted by atomic mass is 10.1. The summed E-state index contributed by atoms with van der Waals surface area (Å²) in [6.07, 6.45) is 11.1. The fourth-order valence-corrected chi connectivity index (χ4v) is 3.33. The summed E-state index contributed by atoms with van der Waals surface area (Å²) in [6, 6.07) is 0. The van der Waals surface area contributed by atoms with E-state index in [0.717, 1.165) is 23.2 Å². The molecule has 2 rings (SSSR count). The molecule has 15 heavy (non-hydrogen) atoms. The molecule has 0 saturated carbocycles. The van der Waals surface area contributed by atoms with E-state index in [9.17, 15) is 0 Å². The minimum absolute atomic E-state index is 0.552. The van der Waals surface area contributed by atoms with E-state index in [1.807, 2.05) is 12.2 Å². The number of allylic oxidation sites excluding steroid dienone is 4. The second-order valence-corrected chi connectivity index (χ2v) is 5.78. The number of thiocarbonyl (C=S) groups is 1. The molecule has 4 heteroatoms. The van der Waals surface area contributed by atoms with Crippen molar-refractivity contribution in [2.45, 2.75) is 5.25 Å². The molecule has 0 N–H and O–H groups in total. The monoisotopic (exact) mass is 254 g/mol.